The van der Waals surface area contributed by atoms with E-state index in [4.69, 9.17) is 28.9 Å². The highest BCUT2D eigenvalue weighted by molar-refractivity contribution is 6.00. The van der Waals surface area contributed by atoms with E-state index in [9.17, 15) is 19.5 Å². The van der Waals surface area contributed by atoms with E-state index in [1.807, 2.05) is 158 Å². The lowest BCUT2D eigenvalue weighted by molar-refractivity contribution is -0.0944. The Kier molecular flexibility index (Phi) is 16.3. The molecule has 14 rings (SSSR count). The lowest BCUT2D eigenvalue weighted by Crippen LogP contribution is -2.38. The Bertz CT molecular complexity index is 4950. The predicted octanol–water partition coefficient (Wildman–Crippen LogP) is 13.6. The number of aliphatic hydroxyl groups is 1. The number of nitrogens with one attached hydrogen (secondary N) is 4. The number of nitrogens with zero attached hydrogens (tertiary/aromatic N) is 3. The molecule has 1 saturated heterocycles. The van der Waals surface area contributed by atoms with Crippen molar-refractivity contribution < 1.29 is 28.8 Å². The summed E-state index contributed by atoms with van der Waals surface area (Å²) in [6, 6.07) is 71.4. The Balaban J connectivity index is 0.743. The van der Waals surface area contributed by atoms with Crippen molar-refractivity contribution in [2.24, 2.45) is 0 Å². The van der Waals surface area contributed by atoms with Gasteiger partial charge in [-0.1, -0.05) is 170 Å². The molecule has 1 amide bonds. The Morgan fingerprint density at radius 2 is 0.978 bits per heavy atom. The van der Waals surface area contributed by atoms with E-state index in [1.165, 1.54) is 10.8 Å². The standard InChI is InChI=1S/C78H61N7O8/c1-90-58-33-29-56(30-34-58)78(55-23-13-6-14-24-55,57-31-35-59(91-2)36-32-57)92-48-69-68(86)46-70(93-69)85-47-54(76(88)84-77(85)89)22-15-45-79-75(87)53-27-25-52(26-28-53)74-66-43-41-64(82-66)72(50-18-9-4-10-19-50)62-39-37-60(80-62)71(49-16-7-3-8-17-49)61-38-40-63(81-61)73(51-20-11-5-12-21-51)65-42-44-67(74)83-65/h3-14,16-21,23-44,47,68-70,80,83,86H,45-46,48H2,1-2H3,(H,79,87)(H,84,88,89)/t68-,69+,70+/m0/s1. The highest BCUT2D eigenvalue weighted by Gasteiger charge is 2.42. The number of hydrogen-bond acceptors (Lipinski definition) is 10. The maximum absolute atomic E-state index is 13.9. The Labute approximate surface area is 535 Å². The molecule has 0 aliphatic carbocycles. The number of H-pyrrole nitrogens is 3. The molecule has 3 aliphatic heterocycles. The summed E-state index contributed by atoms with van der Waals surface area (Å²) in [6.07, 6.45) is 6.63. The number of methoxy groups -OCH3 is 2. The molecule has 15 heteroatoms. The van der Waals surface area contributed by atoms with Crippen molar-refractivity contribution in [1.82, 2.24) is 34.8 Å². The summed E-state index contributed by atoms with van der Waals surface area (Å²) in [7, 11) is 3.21. The van der Waals surface area contributed by atoms with Gasteiger partial charge in [-0.15, -0.1) is 0 Å². The molecule has 0 radical (unpaired) electrons. The van der Waals surface area contributed by atoms with Crippen LogP contribution in [0.3, 0.4) is 0 Å². The number of carbonyl (C=O) groups excluding carboxylic acids is 1. The maximum Gasteiger partial charge on any atom is 0.330 e. The fourth-order valence-corrected chi connectivity index (χ4v) is 12.5. The third-order valence-electron chi connectivity index (χ3n) is 17.1. The normalized spacial score (nSPS) is 14.9. The molecular formula is C78H61N7O8. The zero-order chi connectivity index (χ0) is 63.4. The zero-order valence-electron chi connectivity index (χ0n) is 50.7. The maximum atomic E-state index is 13.9. The lowest BCUT2D eigenvalue weighted by Gasteiger charge is -2.37. The van der Waals surface area contributed by atoms with Gasteiger partial charge in [0.05, 0.1) is 56.3 Å². The van der Waals surface area contributed by atoms with Crippen LogP contribution in [0.2, 0.25) is 0 Å². The molecule has 93 heavy (non-hydrogen) atoms. The van der Waals surface area contributed by atoms with Crippen LogP contribution in [0.4, 0.5) is 0 Å². The SMILES string of the molecule is COc1ccc(C(OC[C@H]2O[C@@H](n3cc(C#CCNC(=O)c4ccc(-c5c6nc(c(-c7ccccc7)c7ccc([nH]7)c(-c7ccccc7)c7nc(c(-c8ccccc8)c8ccc5[nH]8)C=C7)C=C6)cc4)c(=O)[nH]c3=O)C[C@@H]2O)(c2ccccc2)c2ccc(OC)cc2)cc1. The number of aromatic nitrogens is 6. The summed E-state index contributed by atoms with van der Waals surface area (Å²) < 4.78 is 25.6. The van der Waals surface area contributed by atoms with Crippen molar-refractivity contribution in [1.29, 1.82) is 0 Å². The van der Waals surface area contributed by atoms with Gasteiger partial charge in [-0.25, -0.2) is 14.8 Å². The molecule has 7 heterocycles. The van der Waals surface area contributed by atoms with E-state index < -0.39 is 41.2 Å². The van der Waals surface area contributed by atoms with Gasteiger partial charge in [0.15, 0.2) is 0 Å². The number of ether oxygens (including phenoxy) is 4. The first-order chi connectivity index (χ1) is 45.6. The molecule has 11 aromatic rings. The van der Waals surface area contributed by atoms with Gasteiger partial charge in [-0.3, -0.25) is 19.1 Å². The minimum atomic E-state index is -1.19. The Hall–Kier alpha value is -11.7. The van der Waals surface area contributed by atoms with Gasteiger partial charge in [0, 0.05) is 62.5 Å². The minimum absolute atomic E-state index is 0.0141. The summed E-state index contributed by atoms with van der Waals surface area (Å²) in [6.45, 7) is -0.221. The van der Waals surface area contributed by atoms with E-state index in [0.29, 0.717) is 22.8 Å². The van der Waals surface area contributed by atoms with Crippen molar-refractivity contribution >= 4 is 52.3 Å². The van der Waals surface area contributed by atoms with Gasteiger partial charge in [0.2, 0.25) is 0 Å². The largest absolute Gasteiger partial charge is 0.497 e. The molecule has 4 aromatic heterocycles. The highest BCUT2D eigenvalue weighted by Crippen LogP contribution is 2.44. The number of hydrogen-bond donors (Lipinski definition) is 5. The first-order valence-corrected chi connectivity index (χ1v) is 30.5. The number of aromatic amines is 3. The molecule has 0 unspecified atom stereocenters. The molecule has 7 aromatic carbocycles. The van der Waals surface area contributed by atoms with Crippen LogP contribution in [-0.2, 0) is 15.1 Å². The van der Waals surface area contributed by atoms with E-state index in [-0.39, 0.29) is 25.1 Å². The monoisotopic (exact) mass is 1220 g/mol. The van der Waals surface area contributed by atoms with Crippen LogP contribution in [0.5, 0.6) is 11.5 Å². The highest BCUT2D eigenvalue weighted by atomic mass is 16.6. The van der Waals surface area contributed by atoms with Crippen molar-refractivity contribution in [3.63, 3.8) is 0 Å². The van der Waals surface area contributed by atoms with Crippen LogP contribution < -0.4 is 26.0 Å². The van der Waals surface area contributed by atoms with Crippen molar-refractivity contribution in [2.45, 2.75) is 30.5 Å². The van der Waals surface area contributed by atoms with Gasteiger partial charge in [0.25, 0.3) is 11.5 Å². The molecule has 0 spiro atoms. The number of fused-ring (bicyclic) bond motifs is 8. The van der Waals surface area contributed by atoms with E-state index in [2.05, 4.69) is 105 Å². The first-order valence-electron chi connectivity index (χ1n) is 30.5. The third-order valence-corrected chi connectivity index (χ3v) is 17.1. The molecule has 0 saturated carbocycles. The van der Waals surface area contributed by atoms with Crippen LogP contribution in [0, 0.1) is 11.8 Å². The Morgan fingerprint density at radius 1 is 0.559 bits per heavy atom. The average Bonchev–Trinajstić information content (AvgIpc) is 1.66. The number of benzene rings is 7. The fraction of sp³-hybridized carbons (Fsp3) is 0.115. The fourth-order valence-electron chi connectivity index (χ4n) is 12.5. The van der Waals surface area contributed by atoms with Gasteiger partial charge < -0.3 is 39.3 Å². The van der Waals surface area contributed by atoms with E-state index in [0.717, 1.165) is 100 Å². The number of carbonyl (C=O) groups is 1. The molecule has 3 atom stereocenters. The minimum Gasteiger partial charge on any atom is -0.497 e. The first kappa shape index (κ1) is 59.0. The van der Waals surface area contributed by atoms with Crippen LogP contribution in [0.15, 0.2) is 234 Å². The summed E-state index contributed by atoms with van der Waals surface area (Å²) in [5.74, 6) is 6.65. The van der Waals surface area contributed by atoms with Crippen LogP contribution in [0.25, 0.3) is 90.9 Å². The van der Waals surface area contributed by atoms with Gasteiger partial charge in [-0.05, 0) is 124 Å². The number of amides is 1. The quantitative estimate of drug-likeness (QED) is 0.0486. The second-order valence-electron chi connectivity index (χ2n) is 22.6. The molecule has 5 N–H and O–H groups in total. The topological polar surface area (TPSA) is 198 Å². The lowest BCUT2D eigenvalue weighted by atomic mass is 9.80. The summed E-state index contributed by atoms with van der Waals surface area (Å²) in [5, 5.41) is 14.4. The van der Waals surface area contributed by atoms with Crippen molar-refractivity contribution in [2.75, 3.05) is 27.4 Å². The molecule has 8 bridgehead atoms. The van der Waals surface area contributed by atoms with Crippen LogP contribution in [-0.4, -0.2) is 80.1 Å². The summed E-state index contributed by atoms with van der Waals surface area (Å²) in [5.41, 5.74) is 14.1. The number of rotatable bonds is 15. The molecule has 456 valence electrons. The van der Waals surface area contributed by atoms with Gasteiger partial charge in [0.1, 0.15) is 35.0 Å². The molecule has 1 fully saturated rings. The zero-order valence-corrected chi connectivity index (χ0v) is 50.7. The van der Waals surface area contributed by atoms with Gasteiger partial charge >= 0.3 is 5.69 Å². The van der Waals surface area contributed by atoms with Crippen LogP contribution >= 0.6 is 0 Å². The summed E-state index contributed by atoms with van der Waals surface area (Å²) in [4.78, 5) is 61.3. The predicted molar refractivity (Wildman–Crippen MR) is 364 cm³/mol. The summed E-state index contributed by atoms with van der Waals surface area (Å²) >= 11 is 0. The smallest absolute Gasteiger partial charge is 0.330 e. The molecule has 15 nitrogen and oxygen atoms in total. The molecular weight excluding hydrogens is 1160 g/mol. The molecule has 3 aliphatic rings. The van der Waals surface area contributed by atoms with Crippen molar-refractivity contribution in [3.05, 3.63) is 296 Å². The second-order valence-corrected chi connectivity index (χ2v) is 22.6. The van der Waals surface area contributed by atoms with Crippen LogP contribution in [0.1, 0.15) is 68.0 Å². The third kappa shape index (κ3) is 11.7. The second kappa shape index (κ2) is 25.7. The average molecular weight is 1220 g/mol. The van der Waals surface area contributed by atoms with Gasteiger partial charge in [-0.2, -0.15) is 0 Å². The van der Waals surface area contributed by atoms with Crippen molar-refractivity contribution in [3.8, 4) is 67.8 Å². The van der Waals surface area contributed by atoms with E-state index in [1.54, 1.807) is 26.4 Å². The number of aliphatic hydroxyl groups excluding tert-OH is 1. The van der Waals surface area contributed by atoms with E-state index >= 15 is 0 Å². The Morgan fingerprint density at radius 3 is 1.42 bits per heavy atom.